The molecule has 0 aliphatic rings. The molecule has 0 radical (unpaired) electrons. The smallest absolute Gasteiger partial charge is 0.189 e. The lowest BCUT2D eigenvalue weighted by atomic mass is 10.1. The molecule has 3 nitrogen and oxygen atoms in total. The van der Waals surface area contributed by atoms with Crippen LogP contribution in [0.3, 0.4) is 0 Å². The van der Waals surface area contributed by atoms with Crippen molar-refractivity contribution in [1.82, 2.24) is 9.97 Å². The summed E-state index contributed by atoms with van der Waals surface area (Å²) in [6.45, 7) is 4.09. The zero-order valence-electron chi connectivity index (χ0n) is 11.7. The Balaban J connectivity index is 1.91. The van der Waals surface area contributed by atoms with Gasteiger partial charge < -0.3 is 5.32 Å². The molecule has 1 N–H and O–H groups in total. The fourth-order valence-electron chi connectivity index (χ4n) is 2.04. The van der Waals surface area contributed by atoms with Crippen LogP contribution < -0.4 is 5.32 Å². The van der Waals surface area contributed by atoms with E-state index in [9.17, 15) is 0 Å². The summed E-state index contributed by atoms with van der Waals surface area (Å²) >= 11 is 7.55. The Bertz CT molecular complexity index is 765. The molecule has 5 heteroatoms. The number of benzene rings is 1. The molecule has 3 rings (SSSR count). The molecule has 0 fully saturated rings. The lowest BCUT2D eigenvalue weighted by molar-refractivity contribution is 1.24. The molecule has 2 heterocycles. The second-order valence-electron chi connectivity index (χ2n) is 4.72. The Morgan fingerprint density at radius 1 is 1.10 bits per heavy atom. The van der Waals surface area contributed by atoms with Crippen molar-refractivity contribution < 1.29 is 0 Å². The Labute approximate surface area is 132 Å². The van der Waals surface area contributed by atoms with Crippen LogP contribution in [0.4, 0.5) is 10.9 Å². The van der Waals surface area contributed by atoms with Crippen LogP contribution in [-0.2, 0) is 0 Å². The molecular formula is C16H14ClN3S. The fourth-order valence-corrected chi connectivity index (χ4v) is 3.00. The van der Waals surface area contributed by atoms with E-state index in [0.717, 1.165) is 37.7 Å². The zero-order valence-corrected chi connectivity index (χ0v) is 13.3. The molecule has 21 heavy (non-hydrogen) atoms. The highest BCUT2D eigenvalue weighted by Gasteiger charge is 2.11. The summed E-state index contributed by atoms with van der Waals surface area (Å²) in [6.07, 6.45) is 1.77. The molecule has 3 aromatic rings. The first-order valence-electron chi connectivity index (χ1n) is 6.55. The summed E-state index contributed by atoms with van der Waals surface area (Å²) in [4.78, 5) is 10.2. The molecule has 0 aliphatic heterocycles. The lowest BCUT2D eigenvalue weighted by Gasteiger charge is -2.04. The van der Waals surface area contributed by atoms with Gasteiger partial charge in [-0.1, -0.05) is 29.8 Å². The first-order chi connectivity index (χ1) is 10.1. The van der Waals surface area contributed by atoms with E-state index in [-0.39, 0.29) is 0 Å². The maximum absolute atomic E-state index is 5.93. The van der Waals surface area contributed by atoms with Gasteiger partial charge in [-0.3, -0.25) is 0 Å². The van der Waals surface area contributed by atoms with Gasteiger partial charge in [0.05, 0.1) is 5.69 Å². The summed E-state index contributed by atoms with van der Waals surface area (Å²) in [7, 11) is 0. The predicted molar refractivity (Wildman–Crippen MR) is 89.6 cm³/mol. The standard InChI is InChI=1S/C16H14ClN3S/c1-10-4-3-9-18-15(10)20-16-19-14(11(2)21-16)12-5-7-13(17)8-6-12/h3-9H,1-2H3,(H,18,19,20). The highest BCUT2D eigenvalue weighted by Crippen LogP contribution is 2.32. The van der Waals surface area contributed by atoms with E-state index in [2.05, 4.69) is 22.2 Å². The Morgan fingerprint density at radius 2 is 1.86 bits per heavy atom. The third-order valence-corrected chi connectivity index (χ3v) is 4.29. The normalized spacial score (nSPS) is 10.6. The van der Waals surface area contributed by atoms with Gasteiger partial charge >= 0.3 is 0 Å². The van der Waals surface area contributed by atoms with Gasteiger partial charge in [-0.25, -0.2) is 9.97 Å². The van der Waals surface area contributed by atoms with Crippen LogP contribution in [0.1, 0.15) is 10.4 Å². The summed E-state index contributed by atoms with van der Waals surface area (Å²) < 4.78 is 0. The average molecular weight is 316 g/mol. The quantitative estimate of drug-likeness (QED) is 0.720. The van der Waals surface area contributed by atoms with Crippen LogP contribution >= 0.6 is 22.9 Å². The number of nitrogens with one attached hydrogen (secondary N) is 1. The molecule has 0 bridgehead atoms. The molecule has 2 aromatic heterocycles. The number of halogens is 1. The van der Waals surface area contributed by atoms with Gasteiger partial charge in [0, 0.05) is 21.7 Å². The van der Waals surface area contributed by atoms with Gasteiger partial charge in [0.2, 0.25) is 0 Å². The van der Waals surface area contributed by atoms with Crippen molar-refractivity contribution in [2.45, 2.75) is 13.8 Å². The number of hydrogen-bond acceptors (Lipinski definition) is 4. The topological polar surface area (TPSA) is 37.8 Å². The maximum Gasteiger partial charge on any atom is 0.189 e. The molecule has 106 valence electrons. The molecule has 0 spiro atoms. The fraction of sp³-hybridized carbons (Fsp3) is 0.125. The van der Waals surface area contributed by atoms with E-state index in [1.54, 1.807) is 17.5 Å². The van der Waals surface area contributed by atoms with Gasteiger partial charge in [-0.15, -0.1) is 11.3 Å². The molecule has 0 unspecified atom stereocenters. The minimum Gasteiger partial charge on any atom is -0.316 e. The SMILES string of the molecule is Cc1cccnc1Nc1nc(-c2ccc(Cl)cc2)c(C)s1. The van der Waals surface area contributed by atoms with Gasteiger partial charge in [-0.05, 0) is 37.6 Å². The predicted octanol–water partition coefficient (Wildman–Crippen LogP) is 5.22. The number of aromatic nitrogens is 2. The first-order valence-corrected chi connectivity index (χ1v) is 7.75. The van der Waals surface area contributed by atoms with E-state index < -0.39 is 0 Å². The minimum atomic E-state index is 0.731. The highest BCUT2D eigenvalue weighted by atomic mass is 35.5. The van der Waals surface area contributed by atoms with Crippen LogP contribution in [0.5, 0.6) is 0 Å². The summed E-state index contributed by atoms with van der Waals surface area (Å²) in [5, 5.41) is 4.86. The highest BCUT2D eigenvalue weighted by molar-refractivity contribution is 7.16. The number of pyridine rings is 1. The van der Waals surface area contributed by atoms with Gasteiger partial charge in [-0.2, -0.15) is 0 Å². The summed E-state index contributed by atoms with van der Waals surface area (Å²) in [5.74, 6) is 0.842. The number of nitrogens with zero attached hydrogens (tertiary/aromatic N) is 2. The van der Waals surface area contributed by atoms with Crippen molar-refractivity contribution in [1.29, 1.82) is 0 Å². The van der Waals surface area contributed by atoms with Gasteiger partial charge in [0.1, 0.15) is 5.82 Å². The number of thiazole rings is 1. The van der Waals surface area contributed by atoms with E-state index in [1.165, 1.54) is 0 Å². The van der Waals surface area contributed by atoms with E-state index in [0.29, 0.717) is 0 Å². The maximum atomic E-state index is 5.93. The van der Waals surface area contributed by atoms with Crippen molar-refractivity contribution >= 4 is 33.9 Å². The first kappa shape index (κ1) is 14.0. The van der Waals surface area contributed by atoms with Gasteiger partial charge in [0.15, 0.2) is 5.13 Å². The van der Waals surface area contributed by atoms with Crippen molar-refractivity contribution in [2.75, 3.05) is 5.32 Å². The Kier molecular flexibility index (Phi) is 3.90. The number of anilines is 2. The second kappa shape index (κ2) is 5.84. The van der Waals surface area contributed by atoms with Gasteiger partial charge in [0.25, 0.3) is 0 Å². The van der Waals surface area contributed by atoms with Crippen LogP contribution in [0.2, 0.25) is 5.02 Å². The number of hydrogen-bond donors (Lipinski definition) is 1. The molecule has 0 saturated carbocycles. The summed E-state index contributed by atoms with van der Waals surface area (Å²) in [5.41, 5.74) is 3.14. The van der Waals surface area contributed by atoms with Crippen molar-refractivity contribution in [2.24, 2.45) is 0 Å². The van der Waals surface area contributed by atoms with Crippen molar-refractivity contribution in [3.05, 3.63) is 58.1 Å². The summed E-state index contributed by atoms with van der Waals surface area (Å²) in [6, 6.07) is 11.7. The molecule has 1 aromatic carbocycles. The Hall–Kier alpha value is -1.91. The monoisotopic (exact) mass is 315 g/mol. The van der Waals surface area contributed by atoms with E-state index in [1.807, 2.05) is 43.3 Å². The zero-order chi connectivity index (χ0) is 14.8. The Morgan fingerprint density at radius 3 is 2.57 bits per heavy atom. The molecule has 0 saturated heterocycles. The lowest BCUT2D eigenvalue weighted by Crippen LogP contribution is -1.95. The molecule has 0 amide bonds. The van der Waals surface area contributed by atoms with Crippen molar-refractivity contribution in [3.8, 4) is 11.3 Å². The molecule has 0 atom stereocenters. The molecular weight excluding hydrogens is 302 g/mol. The third kappa shape index (κ3) is 3.06. The van der Waals surface area contributed by atoms with E-state index >= 15 is 0 Å². The number of aryl methyl sites for hydroxylation is 2. The van der Waals surface area contributed by atoms with Crippen LogP contribution in [0.15, 0.2) is 42.6 Å². The van der Waals surface area contributed by atoms with Crippen LogP contribution in [0.25, 0.3) is 11.3 Å². The average Bonchev–Trinajstić information content (AvgIpc) is 2.83. The van der Waals surface area contributed by atoms with Crippen LogP contribution in [0, 0.1) is 13.8 Å². The number of rotatable bonds is 3. The third-order valence-electron chi connectivity index (χ3n) is 3.15. The van der Waals surface area contributed by atoms with E-state index in [4.69, 9.17) is 11.6 Å². The largest absolute Gasteiger partial charge is 0.316 e. The van der Waals surface area contributed by atoms with Crippen LogP contribution in [-0.4, -0.2) is 9.97 Å². The van der Waals surface area contributed by atoms with Crippen molar-refractivity contribution in [3.63, 3.8) is 0 Å². The minimum absolute atomic E-state index is 0.731. The molecule has 0 aliphatic carbocycles. The second-order valence-corrected chi connectivity index (χ2v) is 6.36.